The van der Waals surface area contributed by atoms with E-state index >= 15 is 0 Å². The average molecular weight is 269 g/mol. The zero-order valence-corrected chi connectivity index (χ0v) is 11.9. The number of carbonyl (C=O) groups is 2. The Bertz CT molecular complexity index is 622. The number of hydrogen-bond acceptors (Lipinski definition) is 2. The Balaban J connectivity index is 1.67. The van der Waals surface area contributed by atoms with Gasteiger partial charge in [-0.2, -0.15) is 0 Å². The highest BCUT2D eigenvalue weighted by molar-refractivity contribution is 6.07. The van der Waals surface area contributed by atoms with Gasteiger partial charge in [0.25, 0.3) is 0 Å². The second-order valence-corrected chi connectivity index (χ2v) is 6.99. The summed E-state index contributed by atoms with van der Waals surface area (Å²) in [5.74, 6) is 1.85. The van der Waals surface area contributed by atoms with Gasteiger partial charge in [-0.05, 0) is 62.3 Å². The van der Waals surface area contributed by atoms with Gasteiger partial charge in [0.1, 0.15) is 0 Å². The summed E-state index contributed by atoms with van der Waals surface area (Å²) in [6.45, 7) is 3.82. The maximum atomic E-state index is 12.6. The van der Waals surface area contributed by atoms with Crippen molar-refractivity contribution >= 4 is 17.4 Å². The number of benzene rings is 1. The molecule has 2 aliphatic carbocycles. The number of hydrogen-bond donors (Lipinski definition) is 1. The lowest BCUT2D eigenvalue weighted by Gasteiger charge is -2.15. The van der Waals surface area contributed by atoms with Gasteiger partial charge in [-0.15, -0.1) is 0 Å². The third kappa shape index (κ3) is 1.46. The van der Waals surface area contributed by atoms with E-state index in [1.54, 1.807) is 0 Å². The largest absolute Gasteiger partial charge is 0.325 e. The van der Waals surface area contributed by atoms with Crippen molar-refractivity contribution < 1.29 is 9.59 Å². The highest BCUT2D eigenvalue weighted by Crippen LogP contribution is 2.58. The van der Waals surface area contributed by atoms with Gasteiger partial charge >= 0.3 is 0 Å². The predicted molar refractivity (Wildman–Crippen MR) is 76.7 cm³/mol. The lowest BCUT2D eigenvalue weighted by atomic mass is 9.84. The molecule has 0 bridgehead atoms. The van der Waals surface area contributed by atoms with E-state index in [1.807, 2.05) is 32.0 Å². The van der Waals surface area contributed by atoms with Crippen LogP contribution in [-0.2, 0) is 10.2 Å². The number of fused-ring (bicyclic) bond motifs is 2. The summed E-state index contributed by atoms with van der Waals surface area (Å²) in [5, 5.41) is 2.89. The number of amides is 1. The van der Waals surface area contributed by atoms with Crippen LogP contribution in [0.25, 0.3) is 0 Å². The van der Waals surface area contributed by atoms with E-state index < -0.39 is 5.41 Å². The van der Waals surface area contributed by atoms with Crippen molar-refractivity contribution in [2.75, 3.05) is 5.32 Å². The normalized spacial score (nSPS) is 32.5. The Kier molecular flexibility index (Phi) is 2.25. The first-order chi connectivity index (χ1) is 9.50. The molecule has 2 unspecified atom stereocenters. The highest BCUT2D eigenvalue weighted by atomic mass is 16.2. The van der Waals surface area contributed by atoms with E-state index in [0.717, 1.165) is 16.8 Å². The molecule has 1 heterocycles. The topological polar surface area (TPSA) is 46.2 Å². The fraction of sp³-hybridized carbons (Fsp3) is 0.529. The van der Waals surface area contributed by atoms with Crippen LogP contribution in [0.5, 0.6) is 0 Å². The van der Waals surface area contributed by atoms with E-state index in [-0.39, 0.29) is 17.6 Å². The molecule has 3 aliphatic rings. The number of rotatable bonds is 2. The second-order valence-electron chi connectivity index (χ2n) is 6.99. The van der Waals surface area contributed by atoms with Crippen LogP contribution in [0.4, 0.5) is 5.69 Å². The van der Waals surface area contributed by atoms with Crippen molar-refractivity contribution in [2.24, 2.45) is 17.8 Å². The van der Waals surface area contributed by atoms with E-state index in [1.165, 1.54) is 19.3 Å². The Labute approximate surface area is 118 Å². The van der Waals surface area contributed by atoms with Crippen LogP contribution >= 0.6 is 0 Å². The van der Waals surface area contributed by atoms with Crippen LogP contribution in [0.3, 0.4) is 0 Å². The fourth-order valence-electron chi connectivity index (χ4n) is 4.13. The van der Waals surface area contributed by atoms with Gasteiger partial charge in [-0.25, -0.2) is 0 Å². The molecule has 2 atom stereocenters. The first-order valence-electron chi connectivity index (χ1n) is 7.50. The Morgan fingerprint density at radius 1 is 1.25 bits per heavy atom. The minimum absolute atomic E-state index is 0.0143. The van der Waals surface area contributed by atoms with Gasteiger partial charge in [0.05, 0.1) is 5.41 Å². The predicted octanol–water partition coefficient (Wildman–Crippen LogP) is 3.15. The zero-order valence-electron chi connectivity index (χ0n) is 11.9. The molecule has 0 spiro atoms. The first-order valence-corrected chi connectivity index (χ1v) is 7.50. The average Bonchev–Trinajstić information content (AvgIpc) is 2.79. The summed E-state index contributed by atoms with van der Waals surface area (Å²) in [4.78, 5) is 24.6. The number of anilines is 1. The van der Waals surface area contributed by atoms with Gasteiger partial charge in [0.15, 0.2) is 5.78 Å². The highest BCUT2D eigenvalue weighted by Gasteiger charge is 2.56. The fourth-order valence-corrected chi connectivity index (χ4v) is 4.13. The number of nitrogens with one attached hydrogen (secondary N) is 1. The van der Waals surface area contributed by atoms with Crippen molar-refractivity contribution in [3.8, 4) is 0 Å². The molecule has 1 amide bonds. The van der Waals surface area contributed by atoms with E-state index in [0.29, 0.717) is 11.8 Å². The molecular formula is C17H19NO2. The monoisotopic (exact) mass is 269 g/mol. The van der Waals surface area contributed by atoms with Crippen LogP contribution < -0.4 is 5.32 Å². The molecule has 2 fully saturated rings. The molecule has 1 N–H and O–H groups in total. The summed E-state index contributed by atoms with van der Waals surface area (Å²) in [7, 11) is 0. The first kappa shape index (κ1) is 12.1. The molecular weight excluding hydrogens is 250 g/mol. The summed E-state index contributed by atoms with van der Waals surface area (Å²) >= 11 is 0. The standard InChI is InChI=1S/C17H19NO2/c1-17(2)12-8-9(6-7-13(12)18-16(17)20)15(19)14-10-4-3-5-11(10)14/h6-8,10-11,14H,3-5H2,1-2H3,(H,18,20). The van der Waals surface area contributed by atoms with Gasteiger partial charge < -0.3 is 5.32 Å². The van der Waals surface area contributed by atoms with Gasteiger partial charge in [0.2, 0.25) is 5.91 Å². The molecule has 3 nitrogen and oxygen atoms in total. The molecule has 104 valence electrons. The van der Waals surface area contributed by atoms with Crippen LogP contribution in [-0.4, -0.2) is 11.7 Å². The Morgan fingerprint density at radius 3 is 2.65 bits per heavy atom. The molecule has 0 radical (unpaired) electrons. The smallest absolute Gasteiger partial charge is 0.234 e. The lowest BCUT2D eigenvalue weighted by molar-refractivity contribution is -0.119. The van der Waals surface area contributed by atoms with Crippen LogP contribution in [0.15, 0.2) is 18.2 Å². The minimum atomic E-state index is -0.537. The van der Waals surface area contributed by atoms with Crippen molar-refractivity contribution in [3.05, 3.63) is 29.3 Å². The van der Waals surface area contributed by atoms with Gasteiger partial charge in [-0.1, -0.05) is 6.42 Å². The number of Topliss-reactive ketones (excluding diaryl/α,β-unsaturated/α-hetero) is 1. The van der Waals surface area contributed by atoms with E-state index in [2.05, 4.69) is 5.32 Å². The molecule has 3 heteroatoms. The molecule has 4 rings (SSSR count). The van der Waals surface area contributed by atoms with Gasteiger partial charge in [0, 0.05) is 17.2 Å². The quantitative estimate of drug-likeness (QED) is 0.838. The molecule has 0 aromatic heterocycles. The van der Waals surface area contributed by atoms with Crippen molar-refractivity contribution in [2.45, 2.75) is 38.5 Å². The van der Waals surface area contributed by atoms with Gasteiger partial charge in [-0.3, -0.25) is 9.59 Å². The summed E-state index contributed by atoms with van der Waals surface area (Å²) in [6.07, 6.45) is 3.73. The van der Waals surface area contributed by atoms with Crippen LogP contribution in [0.2, 0.25) is 0 Å². The molecule has 1 aromatic rings. The summed E-state index contributed by atoms with van der Waals surface area (Å²) < 4.78 is 0. The zero-order chi connectivity index (χ0) is 14.1. The maximum Gasteiger partial charge on any atom is 0.234 e. The van der Waals surface area contributed by atoms with Crippen molar-refractivity contribution in [1.82, 2.24) is 0 Å². The van der Waals surface area contributed by atoms with Crippen molar-refractivity contribution in [1.29, 1.82) is 0 Å². The summed E-state index contributed by atoms with van der Waals surface area (Å²) in [5.41, 5.74) is 2.06. The van der Waals surface area contributed by atoms with E-state index in [9.17, 15) is 9.59 Å². The Morgan fingerprint density at radius 2 is 1.95 bits per heavy atom. The molecule has 2 saturated carbocycles. The van der Waals surface area contributed by atoms with E-state index in [4.69, 9.17) is 0 Å². The lowest BCUT2D eigenvalue weighted by Crippen LogP contribution is -2.27. The van der Waals surface area contributed by atoms with Crippen LogP contribution in [0.1, 0.15) is 49.0 Å². The summed E-state index contributed by atoms with van der Waals surface area (Å²) in [6, 6.07) is 5.69. The SMILES string of the molecule is CC1(C)C(=O)Nc2ccc(C(=O)C3C4CCCC43)cc21. The third-order valence-corrected chi connectivity index (χ3v) is 5.50. The van der Waals surface area contributed by atoms with Crippen molar-refractivity contribution in [3.63, 3.8) is 0 Å². The number of ketones is 1. The Hall–Kier alpha value is -1.64. The molecule has 1 aliphatic heterocycles. The molecule has 0 saturated heterocycles. The second kappa shape index (κ2) is 3.72. The molecule has 20 heavy (non-hydrogen) atoms. The number of carbonyl (C=O) groups excluding carboxylic acids is 2. The molecule has 1 aromatic carbocycles. The third-order valence-electron chi connectivity index (χ3n) is 5.50. The maximum absolute atomic E-state index is 12.6. The minimum Gasteiger partial charge on any atom is -0.325 e. The van der Waals surface area contributed by atoms with Crippen LogP contribution in [0, 0.1) is 17.8 Å².